The Labute approximate surface area is 106 Å². The van der Waals surface area contributed by atoms with Gasteiger partial charge in [-0.2, -0.15) is 0 Å². The molecule has 1 nitrogen and oxygen atoms in total. The summed E-state index contributed by atoms with van der Waals surface area (Å²) >= 11 is 0. The van der Waals surface area contributed by atoms with Crippen LogP contribution < -0.4 is 0 Å². The van der Waals surface area contributed by atoms with E-state index in [2.05, 4.69) is 27.7 Å². The van der Waals surface area contributed by atoms with Crippen LogP contribution in [-0.2, 0) is 4.74 Å². The van der Waals surface area contributed by atoms with Gasteiger partial charge in [-0.15, -0.1) is 0 Å². The molecule has 16 heavy (non-hydrogen) atoms. The second kappa shape index (κ2) is 24.1. The molecule has 1 heteroatoms. The maximum absolute atomic E-state index is 4.92. The van der Waals surface area contributed by atoms with Gasteiger partial charge < -0.3 is 4.74 Å². The van der Waals surface area contributed by atoms with Crippen LogP contribution in [0.2, 0.25) is 0 Å². The molecule has 0 aromatic heterocycles. The average molecular weight is 234 g/mol. The normalized spacial score (nSPS) is 19.6. The van der Waals surface area contributed by atoms with E-state index >= 15 is 0 Å². The van der Waals surface area contributed by atoms with Crippen LogP contribution >= 0.6 is 0 Å². The largest absolute Gasteiger partial charge is 0.370 e. The van der Waals surface area contributed by atoms with Crippen LogP contribution in [0.1, 0.15) is 76.7 Å². The van der Waals surface area contributed by atoms with E-state index in [0.29, 0.717) is 12.2 Å². The van der Waals surface area contributed by atoms with Crippen molar-refractivity contribution in [1.82, 2.24) is 0 Å². The van der Waals surface area contributed by atoms with Gasteiger partial charge in [0.2, 0.25) is 0 Å². The molecule has 0 radical (unpaired) electrons. The van der Waals surface area contributed by atoms with Gasteiger partial charge in [0, 0.05) is 0 Å². The van der Waals surface area contributed by atoms with E-state index in [1.54, 1.807) is 0 Å². The van der Waals surface area contributed by atoms with Crippen LogP contribution in [0.3, 0.4) is 0 Å². The smallest absolute Gasteiger partial charge is 0.0811 e. The number of allylic oxidation sites excluding steroid dienone is 2. The van der Waals surface area contributed by atoms with Crippen molar-refractivity contribution in [2.75, 3.05) is 0 Å². The predicted molar refractivity (Wildman–Crippen MR) is 81.3 cm³/mol. The van der Waals surface area contributed by atoms with Crippen molar-refractivity contribution in [2.45, 2.75) is 88.9 Å². The van der Waals surface area contributed by atoms with Gasteiger partial charge in [0.1, 0.15) is 0 Å². The van der Waals surface area contributed by atoms with Gasteiger partial charge >= 0.3 is 0 Å². The molecule has 1 rings (SSSR count). The van der Waals surface area contributed by atoms with Crippen molar-refractivity contribution in [1.29, 1.82) is 0 Å². The van der Waals surface area contributed by atoms with Crippen LogP contribution in [0.5, 0.6) is 0 Å². The minimum Gasteiger partial charge on any atom is -0.370 e. The Bertz CT molecular complexity index is 96.0. The van der Waals surface area contributed by atoms with E-state index in [4.69, 9.17) is 4.74 Å². The molecule has 1 fully saturated rings. The van der Waals surface area contributed by atoms with Gasteiger partial charge in [0.15, 0.2) is 0 Å². The van der Waals surface area contributed by atoms with Crippen molar-refractivity contribution >= 4 is 0 Å². The summed E-state index contributed by atoms with van der Waals surface area (Å²) in [5.74, 6) is 0. The van der Waals surface area contributed by atoms with E-state index < -0.39 is 0 Å². The molecule has 0 aliphatic carbocycles. The number of rotatable bonds is 1. The lowest BCUT2D eigenvalue weighted by atomic mass is 10.4. The molecule has 2 atom stereocenters. The van der Waals surface area contributed by atoms with E-state index in [-0.39, 0.29) is 22.3 Å². The van der Waals surface area contributed by atoms with Crippen molar-refractivity contribution in [3.8, 4) is 0 Å². The van der Waals surface area contributed by atoms with Crippen LogP contribution in [0.4, 0.5) is 0 Å². The molecule has 2 unspecified atom stereocenters. The van der Waals surface area contributed by atoms with Crippen molar-refractivity contribution in [3.05, 3.63) is 12.2 Å². The molecule has 0 amide bonds. The Hall–Kier alpha value is -0.300. The average Bonchev–Trinajstić information content (AvgIpc) is 2.80. The zero-order valence-corrected chi connectivity index (χ0v) is 10.1. The molecule has 1 aliphatic heterocycles. The maximum Gasteiger partial charge on any atom is 0.0811 e. The first-order valence-electron chi connectivity index (χ1n) is 5.36. The molecule has 0 saturated carbocycles. The summed E-state index contributed by atoms with van der Waals surface area (Å²) in [6, 6.07) is 0. The lowest BCUT2D eigenvalue weighted by Crippen LogP contribution is -1.74. The molecule has 1 aliphatic rings. The predicted octanol–water partition coefficient (Wildman–Crippen LogP) is 6.09. The van der Waals surface area contributed by atoms with Gasteiger partial charge in [0.05, 0.1) is 12.2 Å². The monoisotopic (exact) mass is 234 g/mol. The summed E-state index contributed by atoms with van der Waals surface area (Å²) in [5, 5.41) is 0. The van der Waals surface area contributed by atoms with Gasteiger partial charge in [-0.3, -0.25) is 0 Å². The number of epoxide rings is 1. The standard InChI is InChI=1S/C4H8O.C4H10.C4H8.3CH4/c1-3-4(2)5-3;2*1-3-4-2;;;/h3-4H,1-2H3;3-4H2,1-2H3;3-4H,1-2H3;3*1H4/b;;4-3-;;;. The molecule has 104 valence electrons. The Balaban J connectivity index is -0.0000000350. The topological polar surface area (TPSA) is 12.5 Å². The van der Waals surface area contributed by atoms with Crippen LogP contribution in [0, 0.1) is 0 Å². The molecular weight excluding hydrogens is 196 g/mol. The summed E-state index contributed by atoms with van der Waals surface area (Å²) in [4.78, 5) is 0. The lowest BCUT2D eigenvalue weighted by molar-refractivity contribution is 0.389. The lowest BCUT2D eigenvalue weighted by Gasteiger charge is -1.68. The summed E-state index contributed by atoms with van der Waals surface area (Å²) < 4.78 is 4.92. The Morgan fingerprint density at radius 1 is 0.812 bits per heavy atom. The summed E-state index contributed by atoms with van der Waals surface area (Å²) in [5.41, 5.74) is 0. The molecule has 0 N–H and O–H groups in total. The molecule has 0 bridgehead atoms. The number of hydrogen-bond acceptors (Lipinski definition) is 1. The quantitative estimate of drug-likeness (QED) is 0.395. The second-order valence-electron chi connectivity index (χ2n) is 3.21. The van der Waals surface area contributed by atoms with Crippen LogP contribution in [0.25, 0.3) is 0 Å². The molecule has 0 aromatic carbocycles. The molecule has 0 spiro atoms. The number of unbranched alkanes of at least 4 members (excludes halogenated alkanes) is 1. The first kappa shape index (κ1) is 29.6. The van der Waals surface area contributed by atoms with E-state index in [1.165, 1.54) is 12.8 Å². The SMILES string of the molecule is C.C.C.C/C=C\C.CC1OC1C.CCCC. The first-order valence-corrected chi connectivity index (χ1v) is 5.36. The summed E-state index contributed by atoms with van der Waals surface area (Å²) in [6.45, 7) is 12.5. The molecular formula is C15H38O. The molecule has 1 heterocycles. The van der Waals surface area contributed by atoms with Gasteiger partial charge in [-0.05, 0) is 27.7 Å². The second-order valence-corrected chi connectivity index (χ2v) is 3.21. The minimum atomic E-state index is 0. The fourth-order valence-corrected chi connectivity index (χ4v) is 0.293. The Morgan fingerprint density at radius 3 is 1.00 bits per heavy atom. The highest BCUT2D eigenvalue weighted by molar-refractivity contribution is 4.73. The van der Waals surface area contributed by atoms with Crippen molar-refractivity contribution in [3.63, 3.8) is 0 Å². The highest BCUT2D eigenvalue weighted by Gasteiger charge is 2.27. The van der Waals surface area contributed by atoms with Crippen molar-refractivity contribution in [2.24, 2.45) is 0 Å². The van der Waals surface area contributed by atoms with Gasteiger partial charge in [-0.1, -0.05) is 61.1 Å². The zero-order valence-electron chi connectivity index (χ0n) is 10.1. The summed E-state index contributed by atoms with van der Waals surface area (Å²) in [7, 11) is 0. The Morgan fingerprint density at radius 2 is 1.00 bits per heavy atom. The highest BCUT2D eigenvalue weighted by Crippen LogP contribution is 2.18. The third-order valence-corrected chi connectivity index (χ3v) is 1.85. The minimum absolute atomic E-state index is 0. The zero-order chi connectivity index (χ0) is 10.7. The number of hydrogen-bond donors (Lipinski definition) is 0. The third kappa shape index (κ3) is 37.3. The van der Waals surface area contributed by atoms with Crippen LogP contribution in [-0.4, -0.2) is 12.2 Å². The first-order chi connectivity index (χ1) is 6.13. The molecule has 0 aromatic rings. The highest BCUT2D eigenvalue weighted by atomic mass is 16.6. The van der Waals surface area contributed by atoms with E-state index in [0.717, 1.165) is 0 Å². The molecule has 1 saturated heterocycles. The van der Waals surface area contributed by atoms with Gasteiger partial charge in [-0.25, -0.2) is 0 Å². The Kier molecular flexibility index (Phi) is 44.6. The van der Waals surface area contributed by atoms with Crippen molar-refractivity contribution < 1.29 is 4.74 Å². The fourth-order valence-electron chi connectivity index (χ4n) is 0.293. The van der Waals surface area contributed by atoms with E-state index in [9.17, 15) is 0 Å². The van der Waals surface area contributed by atoms with E-state index in [1.807, 2.05) is 26.0 Å². The number of ether oxygens (including phenoxy) is 1. The third-order valence-electron chi connectivity index (χ3n) is 1.85. The fraction of sp³-hybridized carbons (Fsp3) is 0.867. The maximum atomic E-state index is 4.92. The van der Waals surface area contributed by atoms with Crippen LogP contribution in [0.15, 0.2) is 12.2 Å². The van der Waals surface area contributed by atoms with Gasteiger partial charge in [0.25, 0.3) is 0 Å². The summed E-state index contributed by atoms with van der Waals surface area (Å²) in [6.07, 6.45) is 7.74.